The van der Waals surface area contributed by atoms with Gasteiger partial charge >= 0.3 is 0 Å². The molecule has 4 nitrogen and oxygen atoms in total. The van der Waals surface area contributed by atoms with E-state index in [0.29, 0.717) is 16.7 Å². The minimum absolute atomic E-state index is 0.284. The Labute approximate surface area is 98.0 Å². The maximum absolute atomic E-state index is 5.75. The summed E-state index contributed by atoms with van der Waals surface area (Å²) in [6.45, 7) is 0.284. The highest BCUT2D eigenvalue weighted by Crippen LogP contribution is 2.16. The van der Waals surface area contributed by atoms with Crippen molar-refractivity contribution in [3.05, 3.63) is 47.4 Å². The number of rotatable bonds is 3. The molecule has 0 amide bonds. The molecule has 2 aromatic rings. The van der Waals surface area contributed by atoms with E-state index in [9.17, 15) is 0 Å². The summed E-state index contributed by atoms with van der Waals surface area (Å²) in [6, 6.07) is 8.73. The average Bonchev–Trinajstić information content (AvgIpc) is 2.28. The summed E-state index contributed by atoms with van der Waals surface area (Å²) in [5, 5.41) is 0.674. The molecule has 0 aliphatic carbocycles. The highest BCUT2D eigenvalue weighted by Gasteiger charge is 1.99. The van der Waals surface area contributed by atoms with E-state index in [4.69, 9.17) is 22.1 Å². The molecule has 1 aromatic heterocycles. The van der Waals surface area contributed by atoms with E-state index in [0.717, 1.165) is 5.75 Å². The maximum Gasteiger partial charge on any atom is 0.168 e. The number of hydrogen-bond acceptors (Lipinski definition) is 4. The smallest absolute Gasteiger partial charge is 0.168 e. The molecular weight excluding hydrogens is 226 g/mol. The van der Waals surface area contributed by atoms with Crippen LogP contribution >= 0.6 is 11.6 Å². The molecule has 0 saturated carbocycles. The molecule has 0 atom stereocenters. The van der Waals surface area contributed by atoms with Crippen LogP contribution < -0.4 is 10.5 Å². The van der Waals surface area contributed by atoms with Crippen LogP contribution in [0.3, 0.4) is 0 Å². The Morgan fingerprint density at radius 2 is 1.94 bits per heavy atom. The van der Waals surface area contributed by atoms with Gasteiger partial charge in [0.1, 0.15) is 18.2 Å². The number of halogens is 1. The molecule has 1 aromatic carbocycles. The van der Waals surface area contributed by atoms with Crippen molar-refractivity contribution in [2.45, 2.75) is 6.61 Å². The van der Waals surface area contributed by atoms with Crippen molar-refractivity contribution in [3.8, 4) is 5.75 Å². The lowest BCUT2D eigenvalue weighted by Gasteiger charge is -2.05. The summed E-state index contributed by atoms with van der Waals surface area (Å²) in [6.07, 6.45) is 1.60. The van der Waals surface area contributed by atoms with Gasteiger partial charge in [0.25, 0.3) is 0 Å². The highest BCUT2D eigenvalue weighted by molar-refractivity contribution is 6.30. The van der Waals surface area contributed by atoms with E-state index in [1.807, 2.05) is 0 Å². The first-order valence-corrected chi connectivity index (χ1v) is 5.07. The Morgan fingerprint density at radius 1 is 1.19 bits per heavy atom. The molecule has 2 N–H and O–H groups in total. The monoisotopic (exact) mass is 235 g/mol. The molecule has 82 valence electrons. The van der Waals surface area contributed by atoms with Gasteiger partial charge in [0.15, 0.2) is 5.82 Å². The molecule has 0 saturated heterocycles. The first-order chi connectivity index (χ1) is 7.74. The predicted molar refractivity (Wildman–Crippen MR) is 62.2 cm³/mol. The first kappa shape index (κ1) is 10.7. The van der Waals surface area contributed by atoms with Crippen LogP contribution in [0.5, 0.6) is 5.75 Å². The molecule has 5 heteroatoms. The van der Waals surface area contributed by atoms with Crippen molar-refractivity contribution in [3.63, 3.8) is 0 Å². The molecule has 0 fully saturated rings. The largest absolute Gasteiger partial charge is 0.486 e. The Hall–Kier alpha value is -1.81. The van der Waals surface area contributed by atoms with Gasteiger partial charge < -0.3 is 10.5 Å². The van der Waals surface area contributed by atoms with Crippen molar-refractivity contribution in [1.82, 2.24) is 9.97 Å². The summed E-state index contributed by atoms with van der Waals surface area (Å²) >= 11 is 5.75. The summed E-state index contributed by atoms with van der Waals surface area (Å²) in [4.78, 5) is 8.05. The number of nitrogens with zero attached hydrogens (tertiary/aromatic N) is 2. The topological polar surface area (TPSA) is 61.0 Å². The summed E-state index contributed by atoms with van der Waals surface area (Å²) in [5.74, 6) is 1.70. The van der Waals surface area contributed by atoms with Crippen LogP contribution in [0.15, 0.2) is 36.5 Å². The van der Waals surface area contributed by atoms with E-state index < -0.39 is 0 Å². The van der Waals surface area contributed by atoms with Crippen LogP contribution in [0.25, 0.3) is 0 Å². The van der Waals surface area contributed by atoms with Crippen molar-refractivity contribution in [2.24, 2.45) is 0 Å². The van der Waals surface area contributed by atoms with Crippen LogP contribution in [0.4, 0.5) is 5.82 Å². The normalized spacial score (nSPS) is 10.1. The standard InChI is InChI=1S/C11H10ClN3O/c12-8-1-3-9(4-2-8)16-7-11-14-6-5-10(13)15-11/h1-6H,7H2,(H2,13,14,15). The zero-order valence-corrected chi connectivity index (χ0v) is 9.19. The van der Waals surface area contributed by atoms with Crippen LogP contribution in [-0.4, -0.2) is 9.97 Å². The minimum Gasteiger partial charge on any atom is -0.486 e. The van der Waals surface area contributed by atoms with Crippen LogP contribution in [0, 0.1) is 0 Å². The molecule has 16 heavy (non-hydrogen) atoms. The van der Waals surface area contributed by atoms with Gasteiger partial charge in [-0.3, -0.25) is 0 Å². The van der Waals surface area contributed by atoms with Crippen LogP contribution in [0.2, 0.25) is 5.02 Å². The molecule has 1 heterocycles. The predicted octanol–water partition coefficient (Wildman–Crippen LogP) is 2.29. The lowest BCUT2D eigenvalue weighted by atomic mass is 10.3. The van der Waals surface area contributed by atoms with Crippen molar-refractivity contribution in [2.75, 3.05) is 5.73 Å². The number of benzene rings is 1. The number of ether oxygens (including phenoxy) is 1. The average molecular weight is 236 g/mol. The quantitative estimate of drug-likeness (QED) is 0.887. The molecular formula is C11H10ClN3O. The Bertz CT molecular complexity index is 473. The summed E-state index contributed by atoms with van der Waals surface area (Å²) in [7, 11) is 0. The van der Waals surface area contributed by atoms with Gasteiger partial charge in [0, 0.05) is 11.2 Å². The molecule has 0 aliphatic heterocycles. The van der Waals surface area contributed by atoms with Gasteiger partial charge in [-0.25, -0.2) is 9.97 Å². The molecule has 0 aliphatic rings. The lowest BCUT2D eigenvalue weighted by Crippen LogP contribution is -2.03. The van der Waals surface area contributed by atoms with Gasteiger partial charge in [-0.15, -0.1) is 0 Å². The fourth-order valence-corrected chi connectivity index (χ4v) is 1.29. The van der Waals surface area contributed by atoms with Gasteiger partial charge in [-0.2, -0.15) is 0 Å². The fourth-order valence-electron chi connectivity index (χ4n) is 1.16. The second-order valence-corrected chi connectivity index (χ2v) is 3.58. The molecule has 0 unspecified atom stereocenters. The van der Waals surface area contributed by atoms with E-state index in [2.05, 4.69) is 9.97 Å². The lowest BCUT2D eigenvalue weighted by molar-refractivity contribution is 0.296. The van der Waals surface area contributed by atoms with Crippen molar-refractivity contribution >= 4 is 17.4 Å². The minimum atomic E-state index is 0.284. The van der Waals surface area contributed by atoms with Gasteiger partial charge in [-0.05, 0) is 30.3 Å². The van der Waals surface area contributed by atoms with E-state index in [-0.39, 0.29) is 6.61 Å². The number of nitrogen functional groups attached to an aromatic ring is 1. The van der Waals surface area contributed by atoms with Gasteiger partial charge in [0.2, 0.25) is 0 Å². The van der Waals surface area contributed by atoms with Crippen molar-refractivity contribution < 1.29 is 4.74 Å². The second-order valence-electron chi connectivity index (χ2n) is 3.14. The zero-order valence-electron chi connectivity index (χ0n) is 8.43. The SMILES string of the molecule is Nc1ccnc(COc2ccc(Cl)cc2)n1. The summed E-state index contributed by atoms with van der Waals surface area (Å²) < 4.78 is 5.46. The number of anilines is 1. The maximum atomic E-state index is 5.75. The fraction of sp³-hybridized carbons (Fsp3) is 0.0909. The van der Waals surface area contributed by atoms with Crippen LogP contribution in [0.1, 0.15) is 5.82 Å². The molecule has 0 radical (unpaired) electrons. The Balaban J connectivity index is 1.99. The van der Waals surface area contributed by atoms with Gasteiger partial charge in [-0.1, -0.05) is 11.6 Å². The molecule has 0 bridgehead atoms. The third-order valence-electron chi connectivity index (χ3n) is 1.91. The Kier molecular flexibility index (Phi) is 3.22. The zero-order chi connectivity index (χ0) is 11.4. The van der Waals surface area contributed by atoms with E-state index in [1.165, 1.54) is 0 Å². The third kappa shape index (κ3) is 2.84. The summed E-state index contributed by atoms with van der Waals surface area (Å²) in [5.41, 5.74) is 5.52. The van der Waals surface area contributed by atoms with E-state index in [1.54, 1.807) is 36.5 Å². The second kappa shape index (κ2) is 4.81. The highest BCUT2D eigenvalue weighted by atomic mass is 35.5. The number of aromatic nitrogens is 2. The molecule has 0 spiro atoms. The number of nitrogens with two attached hydrogens (primary N) is 1. The Morgan fingerprint density at radius 3 is 2.62 bits per heavy atom. The third-order valence-corrected chi connectivity index (χ3v) is 2.16. The van der Waals surface area contributed by atoms with Crippen LogP contribution in [-0.2, 0) is 6.61 Å². The molecule has 2 rings (SSSR count). The van der Waals surface area contributed by atoms with Crippen molar-refractivity contribution in [1.29, 1.82) is 0 Å². The number of hydrogen-bond donors (Lipinski definition) is 1. The first-order valence-electron chi connectivity index (χ1n) is 4.70. The van der Waals surface area contributed by atoms with Gasteiger partial charge in [0.05, 0.1) is 0 Å². The van der Waals surface area contributed by atoms with E-state index >= 15 is 0 Å².